The smallest absolute Gasteiger partial charge is 0.0654 e. The number of carbonyl (C=O) groups excluding carboxylic acids is 3. The van der Waals surface area contributed by atoms with Crippen LogP contribution in [0, 0.1) is 0 Å². The molecule has 0 unspecified atom stereocenters. The van der Waals surface area contributed by atoms with Gasteiger partial charge in [-0.2, -0.15) is 0 Å². The van der Waals surface area contributed by atoms with Crippen molar-refractivity contribution in [3.63, 3.8) is 0 Å². The summed E-state index contributed by atoms with van der Waals surface area (Å²) in [6.45, 7) is 6.79. The van der Waals surface area contributed by atoms with Crippen molar-refractivity contribution in [1.82, 2.24) is 0 Å². The van der Waals surface area contributed by atoms with E-state index in [1.165, 1.54) is 193 Å². The summed E-state index contributed by atoms with van der Waals surface area (Å²) >= 11 is -4.00. The van der Waals surface area contributed by atoms with Gasteiger partial charge in [0.25, 0.3) is 0 Å². The zero-order valence-electron chi connectivity index (χ0n) is 37.1. The van der Waals surface area contributed by atoms with Crippen LogP contribution in [0.15, 0.2) is 0 Å². The van der Waals surface area contributed by atoms with Crippen LogP contribution in [-0.2, 0) is 22.8 Å². The molecule has 0 heterocycles. The molecule has 326 valence electrons. The van der Waals surface area contributed by atoms with Gasteiger partial charge in [0, 0.05) is 0 Å². The van der Waals surface area contributed by atoms with E-state index in [1.54, 1.807) is 0 Å². The number of hydrogen-bond donors (Lipinski definition) is 0. The summed E-state index contributed by atoms with van der Waals surface area (Å²) in [6, 6.07) is 0. The van der Waals surface area contributed by atoms with E-state index in [1.807, 2.05) is 0 Å². The van der Waals surface area contributed by atoms with Gasteiger partial charge >= 0.3 is 256 Å². The molecule has 0 aliphatic rings. The molecule has 0 fully saturated rings. The first-order valence-corrected chi connectivity index (χ1v) is 28.7. The molecule has 0 spiro atoms. The predicted octanol–water partition coefficient (Wildman–Crippen LogP) is 16.0. The maximum absolute atomic E-state index is 12.7. The minimum Gasteiger partial charge on any atom is -0.0654 e. The van der Waals surface area contributed by atoms with Crippen LogP contribution in [0.5, 0.6) is 0 Å². The van der Waals surface area contributed by atoms with E-state index in [0.29, 0.717) is 0 Å². The van der Waals surface area contributed by atoms with Gasteiger partial charge in [0.2, 0.25) is 0 Å². The molecule has 7 heteroatoms. The molecule has 0 aromatic carbocycles. The average molecular weight is 975 g/mol. The fourth-order valence-electron chi connectivity index (χ4n) is 7.30. The van der Waals surface area contributed by atoms with Gasteiger partial charge in [0.15, 0.2) is 0 Å². The normalized spacial score (nSPS) is 11.3. The van der Waals surface area contributed by atoms with Gasteiger partial charge in [-0.05, 0) is 0 Å². The van der Waals surface area contributed by atoms with Crippen molar-refractivity contribution in [3.8, 4) is 0 Å². The van der Waals surface area contributed by atoms with Crippen LogP contribution >= 0.6 is 0 Å². The molecule has 0 aromatic heterocycles. The Bertz CT molecular complexity index is 716. The predicted molar refractivity (Wildman–Crippen MR) is 235 cm³/mol. The Kier molecular flexibility index (Phi) is 45.4. The van der Waals surface area contributed by atoms with Gasteiger partial charge in [0.05, 0.1) is 0 Å². The second kappa shape index (κ2) is 46.0. The molecular weight excluding hydrogens is 882 g/mol. The summed E-state index contributed by atoms with van der Waals surface area (Å²) in [5.41, 5.74) is 0. The van der Waals surface area contributed by atoms with Gasteiger partial charge in [-0.1, -0.05) is 97.8 Å². The van der Waals surface area contributed by atoms with Crippen LogP contribution in [0.1, 0.15) is 290 Å². The molecule has 0 aromatic rings. The molecule has 55 heavy (non-hydrogen) atoms. The van der Waals surface area contributed by atoms with Gasteiger partial charge < -0.3 is 0 Å². The molecule has 0 aliphatic carbocycles. The van der Waals surface area contributed by atoms with E-state index in [-0.39, 0.29) is 37.2 Å². The fraction of sp³-hybridized carbons (Fsp3) is 0.938. The summed E-state index contributed by atoms with van der Waals surface area (Å²) in [5.74, 6) is -1.16. The molecule has 0 rings (SSSR count). The molecule has 0 radical (unpaired) electrons. The van der Waals surface area contributed by atoms with Crippen molar-refractivity contribution in [1.29, 1.82) is 0 Å². The first-order valence-electron chi connectivity index (χ1n) is 24.5. The number of hydrogen-bond acceptors (Lipinski definition) is 6. The van der Waals surface area contributed by atoms with Gasteiger partial charge in [0.1, 0.15) is 0 Å². The van der Waals surface area contributed by atoms with Crippen LogP contribution in [0.2, 0.25) is 0 Å². The first-order chi connectivity index (χ1) is 27.0. The summed E-state index contributed by atoms with van der Waals surface area (Å²) in [7, 11) is 0. The SMILES string of the molecule is CCCCCCCCCCCCCCCC(=O)[O][Bi]([O]C(=O)CCCCCCCCCCCCCCC)[O]C(=O)CCCCCCCCCCCCCCC. The standard InChI is InChI=1S/3C16H32O2.Bi/c3*1-2-3-4-5-6-7-8-9-10-11-12-13-14-15-16(17)18;/h3*2-15H2,1H3,(H,17,18);/q;;;+3/p-3. The Labute approximate surface area is 352 Å². The van der Waals surface area contributed by atoms with Crippen molar-refractivity contribution in [2.45, 2.75) is 290 Å². The van der Waals surface area contributed by atoms with Crippen molar-refractivity contribution < 1.29 is 22.8 Å². The summed E-state index contributed by atoms with van der Waals surface area (Å²) in [6.07, 6.45) is 49.3. The monoisotopic (exact) mass is 975 g/mol. The second-order valence-electron chi connectivity index (χ2n) is 16.6. The topological polar surface area (TPSA) is 78.9 Å². The number of rotatable bonds is 45. The molecule has 0 bridgehead atoms. The molecule has 0 atom stereocenters. The third-order valence-corrected chi connectivity index (χ3v) is 15.1. The first kappa shape index (κ1) is 54.3. The molecule has 0 aliphatic heterocycles. The van der Waals surface area contributed by atoms with Crippen molar-refractivity contribution in [2.24, 2.45) is 0 Å². The van der Waals surface area contributed by atoms with Crippen LogP contribution in [-0.4, -0.2) is 41.0 Å². The second-order valence-corrected chi connectivity index (χ2v) is 20.5. The molecule has 6 nitrogen and oxygen atoms in total. The summed E-state index contributed by atoms with van der Waals surface area (Å²) in [4.78, 5) is 38.2. The van der Waals surface area contributed by atoms with Crippen LogP contribution in [0.4, 0.5) is 0 Å². The van der Waals surface area contributed by atoms with Crippen molar-refractivity contribution in [2.75, 3.05) is 0 Å². The minimum absolute atomic E-state index is 0.288. The zero-order valence-corrected chi connectivity index (χ0v) is 40.6. The third kappa shape index (κ3) is 44.2. The Hall–Kier alpha value is -0.707. The molecule has 0 N–H and O–H groups in total. The van der Waals surface area contributed by atoms with E-state index in [2.05, 4.69) is 20.8 Å². The van der Waals surface area contributed by atoms with Gasteiger partial charge in [-0.3, -0.25) is 0 Å². The Morgan fingerprint density at radius 2 is 0.400 bits per heavy atom. The van der Waals surface area contributed by atoms with E-state index in [4.69, 9.17) is 8.44 Å². The van der Waals surface area contributed by atoms with E-state index >= 15 is 0 Å². The fourth-order valence-corrected chi connectivity index (χ4v) is 10.7. The Morgan fingerprint density at radius 1 is 0.255 bits per heavy atom. The van der Waals surface area contributed by atoms with E-state index in [9.17, 15) is 14.4 Å². The quantitative estimate of drug-likeness (QED) is 0.0447. The van der Waals surface area contributed by atoms with Crippen LogP contribution in [0.3, 0.4) is 0 Å². The van der Waals surface area contributed by atoms with Gasteiger partial charge in [-0.15, -0.1) is 0 Å². The molecule has 0 saturated carbocycles. The van der Waals surface area contributed by atoms with E-state index < -0.39 is 23.1 Å². The summed E-state index contributed by atoms with van der Waals surface area (Å²) < 4.78 is 16.8. The van der Waals surface area contributed by atoms with Gasteiger partial charge in [-0.25, -0.2) is 0 Å². The van der Waals surface area contributed by atoms with Crippen molar-refractivity contribution >= 4 is 41.0 Å². The maximum atomic E-state index is 12.7. The average Bonchev–Trinajstić information content (AvgIpc) is 3.17. The minimum atomic E-state index is -4.00. The Balaban J connectivity index is 4.33. The molecular formula is C48H93BiO6. The Morgan fingerprint density at radius 3 is 0.564 bits per heavy atom. The third-order valence-electron chi connectivity index (χ3n) is 11.0. The van der Waals surface area contributed by atoms with Crippen molar-refractivity contribution in [3.05, 3.63) is 0 Å². The van der Waals surface area contributed by atoms with E-state index in [0.717, 1.165) is 57.8 Å². The molecule has 0 amide bonds. The van der Waals surface area contributed by atoms with Crippen LogP contribution < -0.4 is 0 Å². The summed E-state index contributed by atoms with van der Waals surface area (Å²) in [5, 5.41) is 0. The number of carbonyl (C=O) groups is 3. The van der Waals surface area contributed by atoms with Crippen LogP contribution in [0.25, 0.3) is 0 Å². The molecule has 0 saturated heterocycles. The zero-order chi connectivity index (χ0) is 40.1. The number of unbranched alkanes of at least 4 members (excludes halogenated alkanes) is 36.